The number of carbonyl (C=O) groups is 3. The Kier molecular flexibility index (Phi) is 9.23. The summed E-state index contributed by atoms with van der Waals surface area (Å²) in [5.74, 6) is -0.266. The highest BCUT2D eigenvalue weighted by Gasteiger charge is 2.34. The molecule has 34 heavy (non-hydrogen) atoms. The molecule has 0 radical (unpaired) electrons. The average molecular weight is 476 g/mol. The lowest BCUT2D eigenvalue weighted by Gasteiger charge is -2.34. The summed E-state index contributed by atoms with van der Waals surface area (Å²) in [6, 6.07) is 6.73. The number of carbonyl (C=O) groups excluding carboxylic acids is 3. The molecule has 1 aromatic carbocycles. The molecule has 0 saturated carbocycles. The van der Waals surface area contributed by atoms with Crippen molar-refractivity contribution in [2.24, 2.45) is 0 Å². The Bertz CT molecular complexity index is 869. The molecule has 1 atom stereocenters. The third kappa shape index (κ3) is 7.16. The standard InChI is InChI=1S/C23H33N5O6/c1-3-4-13-33-20(29)16-27-11-9-26(10-12-27)14-19-15-28(23(31)34-19)18-7-5-17(6-8-18)21(24)25-22(30)32-2/h5-8,19H,3-4,9-16H2,1-2H3,(H2,24,25,30). The fraction of sp³-hybridized carbons (Fsp3) is 0.565. The molecule has 2 aliphatic rings. The van der Waals surface area contributed by atoms with E-state index in [-0.39, 0.29) is 17.9 Å². The smallest absolute Gasteiger partial charge is 0.414 e. The number of amidine groups is 1. The predicted molar refractivity (Wildman–Crippen MR) is 125 cm³/mol. The number of benzene rings is 1. The number of nitrogens with one attached hydrogen (secondary N) is 2. The number of piperazine rings is 1. The van der Waals surface area contributed by atoms with Crippen molar-refractivity contribution in [2.75, 3.05) is 64.4 Å². The summed E-state index contributed by atoms with van der Waals surface area (Å²) in [4.78, 5) is 41.5. The number of esters is 1. The number of hydrogen-bond donors (Lipinski definition) is 2. The summed E-state index contributed by atoms with van der Waals surface area (Å²) >= 11 is 0. The van der Waals surface area contributed by atoms with E-state index >= 15 is 0 Å². The molecule has 2 saturated heterocycles. The van der Waals surface area contributed by atoms with Gasteiger partial charge in [-0.3, -0.25) is 30.2 Å². The number of methoxy groups -OCH3 is 1. The lowest BCUT2D eigenvalue weighted by atomic mass is 10.1. The molecule has 2 N–H and O–H groups in total. The highest BCUT2D eigenvalue weighted by molar-refractivity contribution is 6.04. The van der Waals surface area contributed by atoms with Crippen LogP contribution in [0.5, 0.6) is 0 Å². The molecule has 3 rings (SSSR count). The first-order valence-corrected chi connectivity index (χ1v) is 11.5. The molecule has 0 spiro atoms. The van der Waals surface area contributed by atoms with Gasteiger partial charge < -0.3 is 14.2 Å². The third-order valence-electron chi connectivity index (χ3n) is 5.79. The van der Waals surface area contributed by atoms with Crippen molar-refractivity contribution in [3.63, 3.8) is 0 Å². The Morgan fingerprint density at radius 3 is 2.47 bits per heavy atom. The maximum atomic E-state index is 12.4. The first kappa shape index (κ1) is 25.4. The molecule has 0 aromatic heterocycles. The van der Waals surface area contributed by atoms with Crippen LogP contribution in [0.3, 0.4) is 0 Å². The van der Waals surface area contributed by atoms with Crippen molar-refractivity contribution >= 4 is 29.7 Å². The van der Waals surface area contributed by atoms with E-state index in [1.807, 2.05) is 0 Å². The topological polar surface area (TPSA) is 125 Å². The van der Waals surface area contributed by atoms with E-state index in [1.54, 1.807) is 29.2 Å². The molecule has 2 heterocycles. The van der Waals surface area contributed by atoms with Gasteiger partial charge in [0.15, 0.2) is 0 Å². The fourth-order valence-corrected chi connectivity index (χ4v) is 3.84. The monoisotopic (exact) mass is 475 g/mol. The van der Waals surface area contributed by atoms with Gasteiger partial charge in [0.1, 0.15) is 11.9 Å². The fourth-order valence-electron chi connectivity index (χ4n) is 3.84. The number of unbranched alkanes of at least 4 members (excludes halogenated alkanes) is 1. The van der Waals surface area contributed by atoms with E-state index in [0.717, 1.165) is 39.0 Å². The van der Waals surface area contributed by atoms with Gasteiger partial charge in [-0.1, -0.05) is 13.3 Å². The molecular weight excluding hydrogens is 442 g/mol. The van der Waals surface area contributed by atoms with Crippen LogP contribution >= 0.6 is 0 Å². The number of ether oxygens (including phenoxy) is 3. The number of nitrogens with zero attached hydrogens (tertiary/aromatic N) is 3. The SMILES string of the molecule is CCCCOC(=O)CN1CCN(CC2CN(c3ccc(C(=N)NC(=O)OC)cc3)C(=O)O2)CC1. The Morgan fingerprint density at radius 1 is 1.15 bits per heavy atom. The summed E-state index contributed by atoms with van der Waals surface area (Å²) in [5.41, 5.74) is 1.15. The molecule has 0 bridgehead atoms. The van der Waals surface area contributed by atoms with Crippen LogP contribution in [-0.4, -0.2) is 99.4 Å². The zero-order valence-corrected chi connectivity index (χ0v) is 19.7. The maximum Gasteiger partial charge on any atom is 0.414 e. The van der Waals surface area contributed by atoms with Crippen molar-refractivity contribution in [1.29, 1.82) is 5.41 Å². The van der Waals surface area contributed by atoms with Crippen molar-refractivity contribution < 1.29 is 28.6 Å². The van der Waals surface area contributed by atoms with Crippen molar-refractivity contribution in [3.05, 3.63) is 29.8 Å². The predicted octanol–water partition coefficient (Wildman–Crippen LogP) is 1.65. The molecule has 2 fully saturated rings. The minimum absolute atomic E-state index is 0.0892. The van der Waals surface area contributed by atoms with Gasteiger partial charge in [-0.2, -0.15) is 0 Å². The average Bonchev–Trinajstić information content (AvgIpc) is 3.20. The lowest BCUT2D eigenvalue weighted by molar-refractivity contribution is -0.145. The van der Waals surface area contributed by atoms with E-state index in [1.165, 1.54) is 7.11 Å². The second-order valence-electron chi connectivity index (χ2n) is 8.31. The largest absolute Gasteiger partial charge is 0.465 e. The van der Waals surface area contributed by atoms with Crippen LogP contribution < -0.4 is 10.2 Å². The number of cyclic esters (lactones) is 1. The lowest BCUT2D eigenvalue weighted by Crippen LogP contribution is -2.50. The molecule has 2 amide bonds. The van der Waals surface area contributed by atoms with Gasteiger partial charge in [0.25, 0.3) is 0 Å². The van der Waals surface area contributed by atoms with Gasteiger partial charge >= 0.3 is 18.2 Å². The Balaban J connectivity index is 1.43. The first-order valence-electron chi connectivity index (χ1n) is 11.5. The number of hydrogen-bond acceptors (Lipinski definition) is 9. The summed E-state index contributed by atoms with van der Waals surface area (Å²) in [5, 5.41) is 10.2. The zero-order chi connectivity index (χ0) is 24.5. The van der Waals surface area contributed by atoms with Crippen molar-refractivity contribution in [1.82, 2.24) is 15.1 Å². The minimum Gasteiger partial charge on any atom is -0.465 e. The molecule has 11 nitrogen and oxygen atoms in total. The van der Waals surface area contributed by atoms with Crippen molar-refractivity contribution in [3.8, 4) is 0 Å². The highest BCUT2D eigenvalue weighted by atomic mass is 16.6. The molecule has 1 aromatic rings. The number of amides is 2. The quantitative estimate of drug-likeness (QED) is 0.182. The Morgan fingerprint density at radius 2 is 1.82 bits per heavy atom. The van der Waals surface area contributed by atoms with Crippen LogP contribution in [-0.2, 0) is 19.0 Å². The van der Waals surface area contributed by atoms with Gasteiger partial charge in [0, 0.05) is 44.0 Å². The Labute approximate surface area is 199 Å². The molecule has 186 valence electrons. The van der Waals surface area contributed by atoms with Crippen LogP contribution in [0.1, 0.15) is 25.3 Å². The van der Waals surface area contributed by atoms with Crippen LogP contribution in [0.2, 0.25) is 0 Å². The van der Waals surface area contributed by atoms with Crippen LogP contribution in [0.25, 0.3) is 0 Å². The highest BCUT2D eigenvalue weighted by Crippen LogP contribution is 2.23. The molecule has 1 unspecified atom stereocenters. The van der Waals surface area contributed by atoms with E-state index in [9.17, 15) is 14.4 Å². The second kappa shape index (κ2) is 12.3. The van der Waals surface area contributed by atoms with E-state index < -0.39 is 12.2 Å². The summed E-state index contributed by atoms with van der Waals surface area (Å²) in [6.45, 7) is 7.02. The first-order chi connectivity index (χ1) is 16.4. The summed E-state index contributed by atoms with van der Waals surface area (Å²) in [7, 11) is 1.23. The summed E-state index contributed by atoms with van der Waals surface area (Å²) < 4.78 is 15.3. The van der Waals surface area contributed by atoms with E-state index in [4.69, 9.17) is 14.9 Å². The van der Waals surface area contributed by atoms with Crippen molar-refractivity contribution in [2.45, 2.75) is 25.9 Å². The zero-order valence-electron chi connectivity index (χ0n) is 19.7. The minimum atomic E-state index is -0.715. The van der Waals surface area contributed by atoms with E-state index in [0.29, 0.717) is 37.5 Å². The van der Waals surface area contributed by atoms with Gasteiger partial charge in [-0.05, 0) is 30.7 Å². The number of anilines is 1. The van der Waals surface area contributed by atoms with Gasteiger partial charge in [0.2, 0.25) is 0 Å². The molecule has 2 aliphatic heterocycles. The maximum absolute atomic E-state index is 12.4. The van der Waals surface area contributed by atoms with Gasteiger partial charge in [0.05, 0.1) is 26.8 Å². The molecule has 11 heteroatoms. The number of alkyl carbamates (subject to hydrolysis) is 1. The Hall–Kier alpha value is -3.18. The normalized spacial score (nSPS) is 18.9. The van der Waals surface area contributed by atoms with Gasteiger partial charge in [-0.15, -0.1) is 0 Å². The van der Waals surface area contributed by atoms with E-state index in [2.05, 4.69) is 26.8 Å². The molecule has 0 aliphatic carbocycles. The molecular formula is C23H33N5O6. The number of rotatable bonds is 9. The summed E-state index contributed by atoms with van der Waals surface area (Å²) in [6.07, 6.45) is 0.510. The second-order valence-corrected chi connectivity index (χ2v) is 8.31. The van der Waals surface area contributed by atoms with Gasteiger partial charge in [-0.25, -0.2) is 9.59 Å². The third-order valence-corrected chi connectivity index (χ3v) is 5.79. The van der Waals surface area contributed by atoms with Crippen LogP contribution in [0.15, 0.2) is 24.3 Å². The van der Waals surface area contributed by atoms with Crippen LogP contribution in [0, 0.1) is 5.41 Å². The van der Waals surface area contributed by atoms with Crippen LogP contribution in [0.4, 0.5) is 15.3 Å².